The van der Waals surface area contributed by atoms with Gasteiger partial charge in [-0.25, -0.2) is 0 Å². The van der Waals surface area contributed by atoms with Crippen LogP contribution in [-0.2, 0) is 17.6 Å². The SMILES string of the molecule is CCc1ccc(C(OC(c2ccc(CC)cc2)c2ccc(OC)cc2)c2ccc(OC)cc2)cc1. The maximum absolute atomic E-state index is 7.01. The van der Waals surface area contributed by atoms with Crippen molar-refractivity contribution in [3.63, 3.8) is 0 Å². The summed E-state index contributed by atoms with van der Waals surface area (Å²) in [7, 11) is 3.37. The molecule has 35 heavy (non-hydrogen) atoms. The van der Waals surface area contributed by atoms with Crippen molar-refractivity contribution >= 4 is 0 Å². The second-order valence-electron chi connectivity index (χ2n) is 8.63. The number of rotatable bonds is 10. The predicted octanol–water partition coefficient (Wildman–Crippen LogP) is 7.72. The van der Waals surface area contributed by atoms with Gasteiger partial charge in [0.2, 0.25) is 0 Å². The molecule has 4 aromatic carbocycles. The lowest BCUT2D eigenvalue weighted by Crippen LogP contribution is -2.13. The van der Waals surface area contributed by atoms with E-state index in [-0.39, 0.29) is 12.2 Å². The molecule has 0 spiro atoms. The van der Waals surface area contributed by atoms with Gasteiger partial charge < -0.3 is 14.2 Å². The van der Waals surface area contributed by atoms with Crippen LogP contribution in [0.5, 0.6) is 11.5 Å². The Labute approximate surface area is 209 Å². The molecule has 0 bridgehead atoms. The topological polar surface area (TPSA) is 27.7 Å². The number of hydrogen-bond acceptors (Lipinski definition) is 3. The Kier molecular flexibility index (Phi) is 8.23. The fourth-order valence-electron chi connectivity index (χ4n) is 4.25. The molecule has 0 radical (unpaired) electrons. The predicted molar refractivity (Wildman–Crippen MR) is 142 cm³/mol. The van der Waals surface area contributed by atoms with Gasteiger partial charge in [0.15, 0.2) is 0 Å². The van der Waals surface area contributed by atoms with Crippen molar-refractivity contribution in [3.05, 3.63) is 130 Å². The molecule has 3 heteroatoms. The van der Waals surface area contributed by atoms with Gasteiger partial charge in [-0.05, 0) is 70.5 Å². The van der Waals surface area contributed by atoms with E-state index < -0.39 is 0 Å². The zero-order chi connectivity index (χ0) is 24.6. The third kappa shape index (κ3) is 5.93. The molecule has 0 fully saturated rings. The number of benzene rings is 4. The maximum Gasteiger partial charge on any atom is 0.118 e. The van der Waals surface area contributed by atoms with E-state index >= 15 is 0 Å². The molecular weight excluding hydrogens is 432 g/mol. The molecular formula is C32H34O3. The molecule has 4 rings (SSSR count). The Balaban J connectivity index is 1.77. The van der Waals surface area contributed by atoms with Crippen LogP contribution in [0, 0.1) is 0 Å². The molecule has 0 aliphatic heterocycles. The monoisotopic (exact) mass is 466 g/mol. The first kappa shape index (κ1) is 24.6. The minimum atomic E-state index is -0.246. The van der Waals surface area contributed by atoms with Crippen LogP contribution in [0.2, 0.25) is 0 Å². The smallest absolute Gasteiger partial charge is 0.118 e. The average molecular weight is 467 g/mol. The highest BCUT2D eigenvalue weighted by Crippen LogP contribution is 2.37. The Hall–Kier alpha value is -3.56. The van der Waals surface area contributed by atoms with Crippen LogP contribution >= 0.6 is 0 Å². The first-order valence-corrected chi connectivity index (χ1v) is 12.3. The second kappa shape index (κ2) is 11.7. The van der Waals surface area contributed by atoms with Crippen molar-refractivity contribution in [1.82, 2.24) is 0 Å². The highest BCUT2D eigenvalue weighted by Gasteiger charge is 2.24. The number of aryl methyl sites for hydroxylation is 2. The van der Waals surface area contributed by atoms with Gasteiger partial charge in [-0.3, -0.25) is 0 Å². The average Bonchev–Trinajstić information content (AvgIpc) is 2.94. The summed E-state index contributed by atoms with van der Waals surface area (Å²) in [6.07, 6.45) is 1.52. The third-order valence-corrected chi connectivity index (χ3v) is 6.49. The van der Waals surface area contributed by atoms with Crippen LogP contribution in [0.1, 0.15) is 59.4 Å². The van der Waals surface area contributed by atoms with Crippen LogP contribution < -0.4 is 9.47 Å². The molecule has 2 atom stereocenters. The van der Waals surface area contributed by atoms with Crippen molar-refractivity contribution in [2.45, 2.75) is 38.9 Å². The highest BCUT2D eigenvalue weighted by molar-refractivity contribution is 5.39. The molecule has 0 saturated heterocycles. The zero-order valence-corrected chi connectivity index (χ0v) is 21.0. The lowest BCUT2D eigenvalue weighted by Gasteiger charge is -2.27. The van der Waals surface area contributed by atoms with E-state index in [9.17, 15) is 0 Å². The first-order valence-electron chi connectivity index (χ1n) is 12.3. The fourth-order valence-corrected chi connectivity index (χ4v) is 4.25. The maximum atomic E-state index is 7.01. The molecule has 2 unspecified atom stereocenters. The van der Waals surface area contributed by atoms with Crippen LogP contribution in [0.3, 0.4) is 0 Å². The highest BCUT2D eigenvalue weighted by atomic mass is 16.5. The van der Waals surface area contributed by atoms with Gasteiger partial charge in [0.05, 0.1) is 14.2 Å². The fraction of sp³-hybridized carbons (Fsp3) is 0.250. The summed E-state index contributed by atoms with van der Waals surface area (Å²) in [5, 5.41) is 0. The summed E-state index contributed by atoms with van der Waals surface area (Å²) < 4.78 is 17.8. The molecule has 0 saturated carbocycles. The summed E-state index contributed by atoms with van der Waals surface area (Å²) in [5.41, 5.74) is 7.03. The van der Waals surface area contributed by atoms with Gasteiger partial charge in [-0.2, -0.15) is 0 Å². The van der Waals surface area contributed by atoms with Crippen molar-refractivity contribution in [2.75, 3.05) is 14.2 Å². The van der Waals surface area contributed by atoms with Gasteiger partial charge in [0.1, 0.15) is 23.7 Å². The lowest BCUT2D eigenvalue weighted by molar-refractivity contribution is 0.0308. The summed E-state index contributed by atoms with van der Waals surface area (Å²) in [5.74, 6) is 1.66. The van der Waals surface area contributed by atoms with Gasteiger partial charge >= 0.3 is 0 Å². The van der Waals surface area contributed by atoms with Gasteiger partial charge in [-0.1, -0.05) is 86.6 Å². The van der Waals surface area contributed by atoms with Crippen molar-refractivity contribution in [2.24, 2.45) is 0 Å². The van der Waals surface area contributed by atoms with E-state index in [1.54, 1.807) is 14.2 Å². The molecule has 0 heterocycles. The standard InChI is InChI=1S/C32H34O3/c1-5-23-7-11-25(12-8-23)31(27-15-19-29(33-3)20-16-27)35-32(26-13-9-24(6-2)10-14-26)28-17-21-30(34-4)22-18-28/h7-22,31-32H,5-6H2,1-4H3. The van der Waals surface area contributed by atoms with E-state index in [1.807, 2.05) is 24.3 Å². The second-order valence-corrected chi connectivity index (χ2v) is 8.63. The van der Waals surface area contributed by atoms with Crippen molar-refractivity contribution in [3.8, 4) is 11.5 Å². The van der Waals surface area contributed by atoms with E-state index in [0.29, 0.717) is 0 Å². The Morgan fingerprint density at radius 3 is 1.00 bits per heavy atom. The molecule has 0 aliphatic carbocycles. The quantitative estimate of drug-likeness (QED) is 0.239. The summed E-state index contributed by atoms with van der Waals surface area (Å²) in [4.78, 5) is 0. The van der Waals surface area contributed by atoms with E-state index in [2.05, 4.69) is 86.6 Å². The Morgan fingerprint density at radius 1 is 0.457 bits per heavy atom. The Morgan fingerprint density at radius 2 is 0.743 bits per heavy atom. The normalized spacial score (nSPS) is 12.7. The first-order chi connectivity index (χ1) is 17.1. The zero-order valence-electron chi connectivity index (χ0n) is 21.0. The van der Waals surface area contributed by atoms with Crippen LogP contribution in [0.25, 0.3) is 0 Å². The summed E-state index contributed by atoms with van der Waals surface area (Å²) >= 11 is 0. The van der Waals surface area contributed by atoms with Crippen molar-refractivity contribution in [1.29, 1.82) is 0 Å². The van der Waals surface area contributed by atoms with Gasteiger partial charge in [0, 0.05) is 0 Å². The molecule has 0 aliphatic rings. The number of hydrogen-bond donors (Lipinski definition) is 0. The molecule has 3 nitrogen and oxygen atoms in total. The number of methoxy groups -OCH3 is 2. The lowest BCUT2D eigenvalue weighted by atomic mass is 9.96. The molecule has 180 valence electrons. The summed E-state index contributed by atoms with van der Waals surface area (Å²) in [6.45, 7) is 4.35. The largest absolute Gasteiger partial charge is 0.497 e. The number of ether oxygens (including phenoxy) is 3. The van der Waals surface area contributed by atoms with E-state index in [4.69, 9.17) is 14.2 Å². The minimum absolute atomic E-state index is 0.246. The minimum Gasteiger partial charge on any atom is -0.497 e. The van der Waals surface area contributed by atoms with Gasteiger partial charge in [-0.15, -0.1) is 0 Å². The van der Waals surface area contributed by atoms with Gasteiger partial charge in [0.25, 0.3) is 0 Å². The molecule has 0 amide bonds. The van der Waals surface area contributed by atoms with E-state index in [1.165, 1.54) is 11.1 Å². The van der Waals surface area contributed by atoms with Crippen LogP contribution in [0.15, 0.2) is 97.1 Å². The van der Waals surface area contributed by atoms with E-state index in [0.717, 1.165) is 46.6 Å². The summed E-state index contributed by atoms with van der Waals surface area (Å²) in [6, 6.07) is 33.8. The Bertz CT molecular complexity index is 986. The van der Waals surface area contributed by atoms with Crippen LogP contribution in [-0.4, -0.2) is 14.2 Å². The molecule has 0 aromatic heterocycles. The molecule has 4 aromatic rings. The third-order valence-electron chi connectivity index (χ3n) is 6.49. The molecule has 0 N–H and O–H groups in total. The van der Waals surface area contributed by atoms with Crippen LogP contribution in [0.4, 0.5) is 0 Å². The van der Waals surface area contributed by atoms with Crippen molar-refractivity contribution < 1.29 is 14.2 Å².